The fourth-order valence-corrected chi connectivity index (χ4v) is 10.2. The van der Waals surface area contributed by atoms with E-state index in [1.54, 1.807) is 0 Å². The van der Waals surface area contributed by atoms with Crippen LogP contribution in [0.1, 0.15) is 49.9 Å². The van der Waals surface area contributed by atoms with Crippen molar-refractivity contribution in [2.24, 2.45) is 0 Å². The highest BCUT2D eigenvalue weighted by Crippen LogP contribution is 2.56. The molecule has 0 heterocycles. The van der Waals surface area contributed by atoms with Crippen molar-refractivity contribution in [2.75, 3.05) is 4.90 Å². The Labute approximate surface area is 323 Å². The molecule has 0 fully saturated rings. The average molecular weight is 704 g/mol. The first-order valence-electron chi connectivity index (χ1n) is 19.5. The van der Waals surface area contributed by atoms with E-state index >= 15 is 0 Å². The maximum atomic E-state index is 2.49. The number of anilines is 3. The second-order valence-electron chi connectivity index (χ2n) is 16.5. The molecule has 0 radical (unpaired) electrons. The van der Waals surface area contributed by atoms with Crippen LogP contribution in [0.4, 0.5) is 17.1 Å². The number of para-hydroxylation sites is 1. The molecule has 11 rings (SSSR count). The number of nitrogens with zero attached hydrogens (tertiary/aromatic N) is 1. The van der Waals surface area contributed by atoms with Crippen molar-refractivity contribution in [3.05, 3.63) is 198 Å². The SMILES string of the molecule is CC1(C)c2cc(N(c3ccc4c5c(ccc4c3)-c3ccc4ccccc4c3C5(C)C)c3ccccc3-c3ccccc3)ccc2-c2c1ccc1ccccc21. The Kier molecular flexibility index (Phi) is 6.72. The molecule has 0 unspecified atom stereocenters. The predicted octanol–water partition coefficient (Wildman–Crippen LogP) is 14.9. The van der Waals surface area contributed by atoms with Crippen LogP contribution in [0.2, 0.25) is 0 Å². The molecule has 0 aromatic heterocycles. The second-order valence-corrected chi connectivity index (χ2v) is 16.5. The molecule has 0 saturated carbocycles. The third-order valence-corrected chi connectivity index (χ3v) is 12.8. The quantitative estimate of drug-likeness (QED) is 0.176. The summed E-state index contributed by atoms with van der Waals surface area (Å²) < 4.78 is 0. The van der Waals surface area contributed by atoms with E-state index in [4.69, 9.17) is 0 Å². The topological polar surface area (TPSA) is 3.24 Å². The van der Waals surface area contributed by atoms with Gasteiger partial charge in [-0.3, -0.25) is 0 Å². The molecule has 0 spiro atoms. The maximum absolute atomic E-state index is 2.49. The van der Waals surface area contributed by atoms with Crippen LogP contribution in [0, 0.1) is 0 Å². The number of rotatable bonds is 4. The lowest BCUT2D eigenvalue weighted by atomic mass is 9.78. The summed E-state index contributed by atoms with van der Waals surface area (Å²) in [5.41, 5.74) is 16.6. The van der Waals surface area contributed by atoms with Gasteiger partial charge in [-0.1, -0.05) is 173 Å². The number of hydrogen-bond acceptors (Lipinski definition) is 1. The zero-order valence-corrected chi connectivity index (χ0v) is 31.7. The highest BCUT2D eigenvalue weighted by atomic mass is 15.1. The van der Waals surface area contributed by atoms with Crippen molar-refractivity contribution in [1.29, 1.82) is 0 Å². The molecule has 0 amide bonds. The number of hydrogen-bond donors (Lipinski definition) is 0. The molecule has 0 aliphatic heterocycles. The van der Waals surface area contributed by atoms with Gasteiger partial charge in [-0.15, -0.1) is 0 Å². The van der Waals surface area contributed by atoms with E-state index in [-0.39, 0.29) is 10.8 Å². The lowest BCUT2D eigenvalue weighted by Gasteiger charge is -2.30. The van der Waals surface area contributed by atoms with E-state index in [1.807, 2.05) is 0 Å². The summed E-state index contributed by atoms with van der Waals surface area (Å²) in [5, 5.41) is 7.84. The van der Waals surface area contributed by atoms with Gasteiger partial charge in [0, 0.05) is 27.8 Å². The molecule has 1 heteroatoms. The van der Waals surface area contributed by atoms with Gasteiger partial charge in [0.05, 0.1) is 5.69 Å². The van der Waals surface area contributed by atoms with Gasteiger partial charge >= 0.3 is 0 Å². The van der Waals surface area contributed by atoms with Crippen LogP contribution in [0.15, 0.2) is 176 Å². The van der Waals surface area contributed by atoms with E-state index in [2.05, 4.69) is 209 Å². The summed E-state index contributed by atoms with van der Waals surface area (Å²) in [4.78, 5) is 2.49. The Morgan fingerprint density at radius 2 is 0.927 bits per heavy atom. The predicted molar refractivity (Wildman–Crippen MR) is 234 cm³/mol. The van der Waals surface area contributed by atoms with Crippen LogP contribution in [0.5, 0.6) is 0 Å². The molecule has 2 aliphatic rings. The summed E-state index contributed by atoms with van der Waals surface area (Å²) in [6, 6.07) is 65.6. The molecule has 0 bridgehead atoms. The van der Waals surface area contributed by atoms with Gasteiger partial charge in [0.25, 0.3) is 0 Å². The van der Waals surface area contributed by atoms with Crippen molar-refractivity contribution in [2.45, 2.75) is 38.5 Å². The molecule has 55 heavy (non-hydrogen) atoms. The zero-order valence-electron chi connectivity index (χ0n) is 31.7. The first-order chi connectivity index (χ1) is 26.8. The monoisotopic (exact) mass is 703 g/mol. The Hall–Kier alpha value is -6.44. The summed E-state index contributed by atoms with van der Waals surface area (Å²) in [5.74, 6) is 0. The van der Waals surface area contributed by atoms with Crippen molar-refractivity contribution in [1.82, 2.24) is 0 Å². The fraction of sp³-hybridized carbons (Fsp3) is 0.111. The Morgan fingerprint density at radius 1 is 0.364 bits per heavy atom. The number of fused-ring (bicyclic) bond motifs is 12. The maximum Gasteiger partial charge on any atom is 0.0540 e. The Morgan fingerprint density at radius 3 is 1.71 bits per heavy atom. The van der Waals surface area contributed by atoms with E-state index in [1.165, 1.54) is 88.0 Å². The van der Waals surface area contributed by atoms with Gasteiger partial charge in [-0.2, -0.15) is 0 Å². The van der Waals surface area contributed by atoms with Crippen LogP contribution in [-0.2, 0) is 10.8 Å². The third kappa shape index (κ3) is 4.53. The van der Waals surface area contributed by atoms with Crippen LogP contribution in [0.25, 0.3) is 65.7 Å². The molecule has 0 atom stereocenters. The van der Waals surface area contributed by atoms with E-state index in [0.717, 1.165) is 17.1 Å². The molecular weight excluding hydrogens is 663 g/mol. The van der Waals surface area contributed by atoms with Gasteiger partial charge in [0.15, 0.2) is 0 Å². The first kappa shape index (κ1) is 32.0. The molecule has 0 saturated heterocycles. The van der Waals surface area contributed by atoms with Crippen molar-refractivity contribution in [3.63, 3.8) is 0 Å². The first-order valence-corrected chi connectivity index (χ1v) is 19.5. The minimum absolute atomic E-state index is 0.142. The van der Waals surface area contributed by atoms with E-state index in [9.17, 15) is 0 Å². The van der Waals surface area contributed by atoms with Crippen LogP contribution >= 0.6 is 0 Å². The molecule has 2 aliphatic carbocycles. The zero-order chi connectivity index (χ0) is 37.1. The average Bonchev–Trinajstić information content (AvgIpc) is 3.61. The largest absolute Gasteiger partial charge is 0.310 e. The van der Waals surface area contributed by atoms with E-state index in [0.29, 0.717) is 0 Å². The van der Waals surface area contributed by atoms with Gasteiger partial charge in [-0.05, 0) is 113 Å². The third-order valence-electron chi connectivity index (χ3n) is 12.8. The molecular formula is C54H41N. The lowest BCUT2D eigenvalue weighted by molar-refractivity contribution is 0.661. The van der Waals surface area contributed by atoms with Crippen molar-refractivity contribution < 1.29 is 0 Å². The molecule has 262 valence electrons. The number of benzene rings is 9. The van der Waals surface area contributed by atoms with Gasteiger partial charge in [-0.25, -0.2) is 0 Å². The fourth-order valence-electron chi connectivity index (χ4n) is 10.2. The van der Waals surface area contributed by atoms with Crippen molar-refractivity contribution in [3.8, 4) is 33.4 Å². The van der Waals surface area contributed by atoms with Crippen molar-refractivity contribution >= 4 is 49.4 Å². The highest BCUT2D eigenvalue weighted by Gasteiger charge is 2.39. The summed E-state index contributed by atoms with van der Waals surface area (Å²) in [6.07, 6.45) is 0. The van der Waals surface area contributed by atoms with Gasteiger partial charge < -0.3 is 4.90 Å². The molecule has 9 aromatic rings. The van der Waals surface area contributed by atoms with Crippen LogP contribution < -0.4 is 4.90 Å². The summed E-state index contributed by atoms with van der Waals surface area (Å²) in [7, 11) is 0. The molecule has 1 nitrogen and oxygen atoms in total. The van der Waals surface area contributed by atoms with Crippen LogP contribution in [-0.4, -0.2) is 0 Å². The normalized spacial score (nSPS) is 14.5. The van der Waals surface area contributed by atoms with Crippen LogP contribution in [0.3, 0.4) is 0 Å². The minimum atomic E-state index is -0.149. The highest BCUT2D eigenvalue weighted by molar-refractivity contribution is 6.06. The molecule has 9 aromatic carbocycles. The standard InChI is InChI=1S/C54H41N/c1-53(2)47-31-24-35-16-8-10-19-41(35)50(47)46-30-26-39(33-48(46)53)55(49-21-13-12-18-40(49)34-14-6-5-7-15-34)38-25-29-43-37(32-38)23-28-45-44-27-22-36-17-9-11-20-42(36)51(44)54(3,4)52(43)45/h5-33H,1-4H3. The smallest absolute Gasteiger partial charge is 0.0540 e. The second kappa shape index (κ2) is 11.5. The van der Waals surface area contributed by atoms with Gasteiger partial charge in [0.2, 0.25) is 0 Å². The Bertz CT molecular complexity index is 3040. The van der Waals surface area contributed by atoms with Gasteiger partial charge in [0.1, 0.15) is 0 Å². The van der Waals surface area contributed by atoms with E-state index < -0.39 is 0 Å². The lowest BCUT2D eigenvalue weighted by Crippen LogP contribution is -2.17. The minimum Gasteiger partial charge on any atom is -0.310 e. The summed E-state index contributed by atoms with van der Waals surface area (Å²) in [6.45, 7) is 9.59. The molecule has 0 N–H and O–H groups in total. The summed E-state index contributed by atoms with van der Waals surface area (Å²) >= 11 is 0. The Balaban J connectivity index is 1.12.